The molecule has 2 N–H and O–H groups in total. The number of hydrogen-bond donors (Lipinski definition) is 1. The first kappa shape index (κ1) is 8.63. The van der Waals surface area contributed by atoms with Gasteiger partial charge in [0.25, 0.3) is 0 Å². The lowest BCUT2D eigenvalue weighted by Crippen LogP contribution is -2.04. The molecule has 0 fully saturated rings. The maximum atomic E-state index is 5.33. The molecule has 0 radical (unpaired) electrons. The Morgan fingerprint density at radius 1 is 1.67 bits per heavy atom. The highest BCUT2D eigenvalue weighted by Gasteiger charge is 1.97. The molecule has 1 unspecified atom stereocenters. The van der Waals surface area contributed by atoms with Crippen molar-refractivity contribution in [2.24, 2.45) is 16.6 Å². The molecule has 0 spiro atoms. The summed E-state index contributed by atoms with van der Waals surface area (Å²) in [5, 5.41) is 0. The van der Waals surface area contributed by atoms with Crippen molar-refractivity contribution in [3.8, 4) is 0 Å². The molecule has 0 amide bonds. The van der Waals surface area contributed by atoms with Crippen LogP contribution in [0.1, 0.15) is 19.8 Å². The van der Waals surface area contributed by atoms with Crippen LogP contribution in [-0.4, -0.2) is 19.8 Å². The van der Waals surface area contributed by atoms with Crippen molar-refractivity contribution in [2.75, 3.05) is 13.1 Å². The fraction of sp³-hybridized carbons (Fsp3) is 0.857. The lowest BCUT2D eigenvalue weighted by Gasteiger charge is -2.04. The molecule has 0 bridgehead atoms. The van der Waals surface area contributed by atoms with Crippen molar-refractivity contribution in [2.45, 2.75) is 19.8 Å². The summed E-state index contributed by atoms with van der Waals surface area (Å²) in [6.07, 6.45) is 2.28. The summed E-state index contributed by atoms with van der Waals surface area (Å²) >= 11 is 0. The molecular weight excluding hydrogens is 112 g/mol. The Bertz CT molecular complexity index is 71.3. The number of rotatable bonds is 5. The average Bonchev–Trinajstić information content (AvgIpc) is 1.85. The number of hydrogen-bond acceptors (Lipinski definition) is 2. The molecule has 2 heteroatoms. The van der Waals surface area contributed by atoms with Gasteiger partial charge in [-0.15, -0.1) is 0 Å². The van der Waals surface area contributed by atoms with Crippen LogP contribution in [0.5, 0.6) is 0 Å². The molecule has 54 valence electrons. The van der Waals surface area contributed by atoms with E-state index in [9.17, 15) is 0 Å². The van der Waals surface area contributed by atoms with Crippen molar-refractivity contribution < 1.29 is 0 Å². The number of nitrogens with two attached hydrogens (primary N) is 1. The Hall–Kier alpha value is -0.370. The Balaban J connectivity index is 3.04. The van der Waals surface area contributed by atoms with Crippen LogP contribution < -0.4 is 5.73 Å². The molecule has 0 rings (SSSR count). The third-order valence-corrected chi connectivity index (χ3v) is 1.34. The van der Waals surface area contributed by atoms with E-state index in [0.717, 1.165) is 19.5 Å². The van der Waals surface area contributed by atoms with Gasteiger partial charge in [0.15, 0.2) is 0 Å². The van der Waals surface area contributed by atoms with Crippen molar-refractivity contribution in [3.05, 3.63) is 0 Å². The van der Waals surface area contributed by atoms with Gasteiger partial charge in [-0.05, 0) is 32.0 Å². The van der Waals surface area contributed by atoms with E-state index in [0.29, 0.717) is 5.92 Å². The highest BCUT2D eigenvalue weighted by molar-refractivity contribution is 5.23. The van der Waals surface area contributed by atoms with Gasteiger partial charge in [-0.2, -0.15) is 0 Å². The SMILES string of the molecule is C=NCC(C)CCCN. The predicted molar refractivity (Wildman–Crippen MR) is 41.9 cm³/mol. The number of nitrogens with zero attached hydrogens (tertiary/aromatic N) is 1. The molecule has 0 aromatic carbocycles. The summed E-state index contributed by atoms with van der Waals surface area (Å²) in [6, 6.07) is 0. The first-order valence-corrected chi connectivity index (χ1v) is 3.43. The highest BCUT2D eigenvalue weighted by atomic mass is 14.7. The summed E-state index contributed by atoms with van der Waals surface area (Å²) < 4.78 is 0. The van der Waals surface area contributed by atoms with Gasteiger partial charge in [-0.3, -0.25) is 0 Å². The second-order valence-corrected chi connectivity index (χ2v) is 2.44. The zero-order valence-corrected chi connectivity index (χ0v) is 6.14. The highest BCUT2D eigenvalue weighted by Crippen LogP contribution is 2.03. The van der Waals surface area contributed by atoms with Crippen LogP contribution in [0.2, 0.25) is 0 Å². The summed E-state index contributed by atoms with van der Waals surface area (Å²) in [4.78, 5) is 3.80. The normalized spacial score (nSPS) is 13.1. The van der Waals surface area contributed by atoms with E-state index in [-0.39, 0.29) is 0 Å². The van der Waals surface area contributed by atoms with E-state index in [1.165, 1.54) is 6.42 Å². The van der Waals surface area contributed by atoms with Gasteiger partial charge >= 0.3 is 0 Å². The fourth-order valence-electron chi connectivity index (χ4n) is 0.778. The molecule has 0 aromatic heterocycles. The van der Waals surface area contributed by atoms with Crippen LogP contribution in [0, 0.1) is 5.92 Å². The van der Waals surface area contributed by atoms with Gasteiger partial charge < -0.3 is 10.7 Å². The lowest BCUT2D eigenvalue weighted by molar-refractivity contribution is 0.527. The Morgan fingerprint density at radius 3 is 2.78 bits per heavy atom. The largest absolute Gasteiger partial charge is 0.330 e. The van der Waals surface area contributed by atoms with Crippen LogP contribution in [0.4, 0.5) is 0 Å². The molecule has 1 atom stereocenters. The second-order valence-electron chi connectivity index (χ2n) is 2.44. The van der Waals surface area contributed by atoms with E-state index in [2.05, 4.69) is 18.6 Å². The van der Waals surface area contributed by atoms with E-state index in [1.807, 2.05) is 0 Å². The van der Waals surface area contributed by atoms with Gasteiger partial charge in [-0.1, -0.05) is 6.92 Å². The van der Waals surface area contributed by atoms with Gasteiger partial charge in [0.2, 0.25) is 0 Å². The third kappa shape index (κ3) is 5.50. The molecular formula is C7H16N2. The minimum absolute atomic E-state index is 0.658. The van der Waals surface area contributed by atoms with E-state index >= 15 is 0 Å². The van der Waals surface area contributed by atoms with Crippen molar-refractivity contribution in [1.82, 2.24) is 0 Å². The van der Waals surface area contributed by atoms with Crippen LogP contribution in [0.3, 0.4) is 0 Å². The molecule has 0 saturated heterocycles. The Morgan fingerprint density at radius 2 is 2.33 bits per heavy atom. The Labute approximate surface area is 57.2 Å². The van der Waals surface area contributed by atoms with Crippen LogP contribution in [0.15, 0.2) is 4.99 Å². The van der Waals surface area contributed by atoms with Crippen LogP contribution in [-0.2, 0) is 0 Å². The summed E-state index contributed by atoms with van der Waals surface area (Å²) in [5.74, 6) is 0.658. The standard InChI is InChI=1S/C7H16N2/c1-7(6-9-2)4-3-5-8/h7H,2-6,8H2,1H3. The van der Waals surface area contributed by atoms with E-state index < -0.39 is 0 Å². The maximum Gasteiger partial charge on any atom is 0.0407 e. The molecule has 0 aliphatic heterocycles. The first-order chi connectivity index (χ1) is 4.31. The predicted octanol–water partition coefficient (Wildman–Crippen LogP) is 1.06. The molecule has 9 heavy (non-hydrogen) atoms. The quantitative estimate of drug-likeness (QED) is 0.552. The molecule has 2 nitrogen and oxygen atoms in total. The third-order valence-electron chi connectivity index (χ3n) is 1.34. The first-order valence-electron chi connectivity index (χ1n) is 3.43. The van der Waals surface area contributed by atoms with Crippen molar-refractivity contribution in [3.63, 3.8) is 0 Å². The zero-order valence-electron chi connectivity index (χ0n) is 6.14. The summed E-state index contributed by atoms with van der Waals surface area (Å²) in [5.41, 5.74) is 5.33. The second kappa shape index (κ2) is 5.76. The molecule has 0 aliphatic carbocycles. The fourth-order valence-corrected chi connectivity index (χ4v) is 0.778. The smallest absolute Gasteiger partial charge is 0.0407 e. The monoisotopic (exact) mass is 128 g/mol. The van der Waals surface area contributed by atoms with Crippen LogP contribution in [0.25, 0.3) is 0 Å². The molecule has 0 aromatic rings. The van der Waals surface area contributed by atoms with Crippen molar-refractivity contribution >= 4 is 6.72 Å². The number of aliphatic imine (C=N–C) groups is 1. The van der Waals surface area contributed by atoms with E-state index in [4.69, 9.17) is 5.73 Å². The summed E-state index contributed by atoms with van der Waals surface area (Å²) in [7, 11) is 0. The topological polar surface area (TPSA) is 38.4 Å². The molecule has 0 saturated carbocycles. The van der Waals surface area contributed by atoms with Gasteiger partial charge in [0, 0.05) is 6.54 Å². The van der Waals surface area contributed by atoms with Crippen LogP contribution >= 0.6 is 0 Å². The van der Waals surface area contributed by atoms with Crippen molar-refractivity contribution in [1.29, 1.82) is 0 Å². The Kier molecular flexibility index (Phi) is 5.52. The average molecular weight is 128 g/mol. The minimum Gasteiger partial charge on any atom is -0.330 e. The van der Waals surface area contributed by atoms with Gasteiger partial charge in [0.1, 0.15) is 0 Å². The molecule has 0 aliphatic rings. The summed E-state index contributed by atoms with van der Waals surface area (Å²) in [6.45, 7) is 7.27. The zero-order chi connectivity index (χ0) is 7.11. The van der Waals surface area contributed by atoms with Gasteiger partial charge in [0.05, 0.1) is 0 Å². The molecule has 0 heterocycles. The maximum absolute atomic E-state index is 5.33. The van der Waals surface area contributed by atoms with E-state index in [1.54, 1.807) is 0 Å². The minimum atomic E-state index is 0.658. The van der Waals surface area contributed by atoms with Gasteiger partial charge in [-0.25, -0.2) is 0 Å². The lowest BCUT2D eigenvalue weighted by atomic mass is 10.1.